The maximum absolute atomic E-state index is 5.18. The second-order valence-electron chi connectivity index (χ2n) is 1.72. The maximum Gasteiger partial charge on any atom is 0.247 e. The van der Waals surface area contributed by atoms with Gasteiger partial charge in [0, 0.05) is 0 Å². The first-order valence-corrected chi connectivity index (χ1v) is 4.80. The summed E-state index contributed by atoms with van der Waals surface area (Å²) in [4.78, 5) is 0. The molecule has 0 aromatic heterocycles. The highest BCUT2D eigenvalue weighted by Crippen LogP contribution is 2.18. The first kappa shape index (κ1) is 8.61. The van der Waals surface area contributed by atoms with Crippen molar-refractivity contribution in [3.8, 4) is 5.75 Å². The second-order valence-corrected chi connectivity index (χ2v) is 3.12. The van der Waals surface area contributed by atoms with E-state index in [4.69, 9.17) is 10.0 Å². The van der Waals surface area contributed by atoms with Gasteiger partial charge in [-0.3, -0.25) is 5.50 Å². The molecule has 0 saturated heterocycles. The number of nitrogens with two attached hydrogens (primary N) is 1. The first-order valence-electron chi connectivity index (χ1n) is 3.01. The van der Waals surface area contributed by atoms with Crippen LogP contribution in [0.3, 0.4) is 0 Å². The van der Waals surface area contributed by atoms with Crippen molar-refractivity contribution in [2.24, 2.45) is 10.0 Å². The van der Waals surface area contributed by atoms with Gasteiger partial charge in [-0.2, -0.15) is 4.52 Å². The minimum absolute atomic E-state index is 0.0971. The molecule has 5 heteroatoms. The third-order valence-corrected chi connectivity index (χ3v) is 2.07. The van der Waals surface area contributed by atoms with Gasteiger partial charge in [-0.1, -0.05) is 18.2 Å². The van der Waals surface area contributed by atoms with E-state index in [2.05, 4.69) is 4.52 Å². The summed E-state index contributed by atoms with van der Waals surface area (Å²) < 4.78 is 9.00. The Bertz CT molecular complexity index is 227. The predicted octanol–water partition coefficient (Wildman–Crippen LogP) is 2.58. The molecule has 1 unspecified atom stereocenters. The second kappa shape index (κ2) is 5.20. The van der Waals surface area contributed by atoms with Crippen LogP contribution in [0, 0.1) is 0 Å². The van der Waals surface area contributed by atoms with Gasteiger partial charge in [-0.15, -0.1) is 0 Å². The van der Waals surface area contributed by atoms with Gasteiger partial charge in [-0.25, -0.2) is 0 Å². The molecular weight excluding hydrogens is 178 g/mol. The number of nitrogens with zero attached hydrogens (tertiary/aromatic N) is 1. The lowest BCUT2D eigenvalue weighted by molar-refractivity contribution is 0.639. The topological polar surface area (TPSA) is 47.6 Å². The van der Waals surface area contributed by atoms with Crippen LogP contribution >= 0.6 is 17.5 Å². The van der Waals surface area contributed by atoms with E-state index in [1.807, 2.05) is 30.3 Å². The molecular formula is C6H8N2OP2. The summed E-state index contributed by atoms with van der Waals surface area (Å²) in [5.74, 6) is 0.816. The summed E-state index contributed by atoms with van der Waals surface area (Å²) in [6.45, 7) is 0. The highest BCUT2D eigenvalue weighted by atomic mass is 31.1. The van der Waals surface area contributed by atoms with Gasteiger partial charge in [-0.05, 0) is 12.1 Å². The van der Waals surface area contributed by atoms with Gasteiger partial charge in [0.15, 0.2) is 0 Å². The fourth-order valence-electron chi connectivity index (χ4n) is 0.572. The summed E-state index contributed by atoms with van der Waals surface area (Å²) in [5, 5.41) is 0. The first-order chi connectivity index (χ1) is 5.43. The van der Waals surface area contributed by atoms with Crippen molar-refractivity contribution in [1.82, 2.24) is 0 Å². The van der Waals surface area contributed by atoms with Crippen molar-refractivity contribution in [3.05, 3.63) is 30.3 Å². The lowest BCUT2D eigenvalue weighted by Crippen LogP contribution is -1.71. The minimum Gasteiger partial charge on any atom is -0.423 e. The molecule has 58 valence electrons. The Morgan fingerprint density at radius 2 is 2.09 bits per heavy atom. The zero-order valence-electron chi connectivity index (χ0n) is 5.77. The van der Waals surface area contributed by atoms with Gasteiger partial charge in [0.05, 0.1) is 8.88 Å². The Hall–Kier alpha value is -0.490. The summed E-state index contributed by atoms with van der Waals surface area (Å²) >= 11 is 0. The lowest BCUT2D eigenvalue weighted by Gasteiger charge is -1.94. The van der Waals surface area contributed by atoms with Gasteiger partial charge in [0.2, 0.25) is 8.60 Å². The summed E-state index contributed by atoms with van der Waals surface area (Å²) in [6, 6.07) is 9.51. The Balaban J connectivity index is 2.45. The van der Waals surface area contributed by atoms with E-state index in [1.54, 1.807) is 0 Å². The van der Waals surface area contributed by atoms with E-state index in [-0.39, 0.29) is 8.88 Å². The lowest BCUT2D eigenvalue weighted by atomic mass is 10.3. The molecule has 0 spiro atoms. The number of benzene rings is 1. The number of rotatable bonds is 3. The molecule has 0 aliphatic heterocycles. The van der Waals surface area contributed by atoms with Crippen LogP contribution in [0.4, 0.5) is 0 Å². The molecule has 1 aromatic carbocycles. The zero-order valence-corrected chi connectivity index (χ0v) is 7.66. The summed E-state index contributed by atoms with van der Waals surface area (Å²) in [6.07, 6.45) is 0. The Morgan fingerprint density at radius 3 is 2.73 bits per heavy atom. The molecule has 0 amide bonds. The Labute approximate surface area is 68.8 Å². The fraction of sp³-hybridized carbons (Fsp3) is 0. The molecule has 2 N–H and O–H groups in total. The third-order valence-electron chi connectivity index (χ3n) is 0.988. The smallest absolute Gasteiger partial charge is 0.247 e. The monoisotopic (exact) mass is 186 g/mol. The predicted molar refractivity (Wildman–Crippen MR) is 48.9 cm³/mol. The van der Waals surface area contributed by atoms with Crippen molar-refractivity contribution >= 4 is 17.5 Å². The van der Waals surface area contributed by atoms with E-state index >= 15 is 0 Å². The van der Waals surface area contributed by atoms with Crippen LogP contribution in [0.2, 0.25) is 0 Å². The molecule has 1 atom stereocenters. The van der Waals surface area contributed by atoms with Crippen LogP contribution in [-0.4, -0.2) is 0 Å². The highest BCUT2D eigenvalue weighted by Gasteiger charge is 1.85. The van der Waals surface area contributed by atoms with Crippen molar-refractivity contribution in [3.63, 3.8) is 0 Å². The molecule has 0 radical (unpaired) electrons. The normalized spacial score (nSPS) is 11.4. The number of para-hydroxylation sites is 1. The van der Waals surface area contributed by atoms with Gasteiger partial charge in [0.1, 0.15) is 5.75 Å². The van der Waals surface area contributed by atoms with E-state index in [9.17, 15) is 0 Å². The van der Waals surface area contributed by atoms with Gasteiger partial charge in [0.25, 0.3) is 0 Å². The Morgan fingerprint density at radius 1 is 1.36 bits per heavy atom. The van der Waals surface area contributed by atoms with Gasteiger partial charge >= 0.3 is 0 Å². The molecule has 0 saturated carbocycles. The van der Waals surface area contributed by atoms with Crippen LogP contribution in [-0.2, 0) is 0 Å². The molecule has 0 heterocycles. The number of hydrogen-bond acceptors (Lipinski definition) is 3. The standard InChI is InChI=1S/C6H8N2OP2/c7-10-8-11-9-6-4-2-1-3-5-6/h1-5,10H,7H2. The summed E-state index contributed by atoms with van der Waals surface area (Å²) in [7, 11) is 0.667. The molecule has 3 nitrogen and oxygen atoms in total. The third kappa shape index (κ3) is 3.43. The average Bonchev–Trinajstić information content (AvgIpc) is 2.07. The average molecular weight is 186 g/mol. The highest BCUT2D eigenvalue weighted by molar-refractivity contribution is 7.41. The van der Waals surface area contributed by atoms with Crippen LogP contribution in [0.25, 0.3) is 0 Å². The SMILES string of the molecule is NPN=POc1ccccc1. The van der Waals surface area contributed by atoms with Crippen molar-refractivity contribution in [1.29, 1.82) is 0 Å². The quantitative estimate of drug-likeness (QED) is 0.737. The molecule has 11 heavy (non-hydrogen) atoms. The Kier molecular flexibility index (Phi) is 4.07. The van der Waals surface area contributed by atoms with Crippen molar-refractivity contribution in [2.45, 2.75) is 0 Å². The van der Waals surface area contributed by atoms with Crippen LogP contribution in [0.5, 0.6) is 5.75 Å². The summed E-state index contributed by atoms with van der Waals surface area (Å²) in [5.41, 5.74) is 5.17. The van der Waals surface area contributed by atoms with E-state index in [1.165, 1.54) is 0 Å². The van der Waals surface area contributed by atoms with Crippen molar-refractivity contribution in [2.75, 3.05) is 0 Å². The number of hydrogen-bond donors (Lipinski definition) is 1. The minimum atomic E-state index is 0.0971. The van der Waals surface area contributed by atoms with Gasteiger partial charge < -0.3 is 4.52 Å². The molecule has 0 bridgehead atoms. The maximum atomic E-state index is 5.18. The largest absolute Gasteiger partial charge is 0.423 e. The van der Waals surface area contributed by atoms with E-state index in [0.29, 0.717) is 8.60 Å². The molecule has 0 aliphatic rings. The molecule has 0 fully saturated rings. The molecule has 1 rings (SSSR count). The molecule has 1 aromatic rings. The molecule has 0 aliphatic carbocycles. The van der Waals surface area contributed by atoms with Crippen LogP contribution in [0.1, 0.15) is 0 Å². The van der Waals surface area contributed by atoms with Crippen molar-refractivity contribution < 1.29 is 4.52 Å². The van der Waals surface area contributed by atoms with Crippen LogP contribution in [0.15, 0.2) is 34.8 Å². The fourth-order valence-corrected chi connectivity index (χ4v) is 1.14. The zero-order chi connectivity index (χ0) is 7.94. The van der Waals surface area contributed by atoms with E-state index in [0.717, 1.165) is 5.75 Å². The van der Waals surface area contributed by atoms with E-state index < -0.39 is 0 Å². The van der Waals surface area contributed by atoms with Crippen LogP contribution < -0.4 is 10.0 Å².